The fourth-order valence-corrected chi connectivity index (χ4v) is 8.86. The second kappa shape index (κ2) is 11.5. The topological polar surface area (TPSA) is 35.9 Å². The number of pyridine rings is 1. The van der Waals surface area contributed by atoms with E-state index in [4.69, 9.17) is 9.40 Å². The molecule has 55 heavy (non-hydrogen) atoms. The smallest absolute Gasteiger partial charge is 0.143 e. The zero-order valence-electron chi connectivity index (χ0n) is 29.6. The lowest BCUT2D eigenvalue weighted by Gasteiger charge is -2.12. The molecule has 8 aromatic carbocycles. The number of nitrogens with zero attached hydrogens (tertiary/aromatic N) is 3. The lowest BCUT2D eigenvalue weighted by atomic mass is 9.99. The zero-order valence-corrected chi connectivity index (χ0v) is 29.6. The lowest BCUT2D eigenvalue weighted by Crippen LogP contribution is -1.98. The lowest BCUT2D eigenvalue weighted by molar-refractivity contribution is 0.670. The van der Waals surface area contributed by atoms with Gasteiger partial charge in [0, 0.05) is 49.1 Å². The molecule has 12 rings (SSSR count). The van der Waals surface area contributed by atoms with Gasteiger partial charge in [-0.1, -0.05) is 133 Å². The van der Waals surface area contributed by atoms with E-state index in [0.717, 1.165) is 66.9 Å². The van der Waals surface area contributed by atoms with Gasteiger partial charge in [0.2, 0.25) is 0 Å². The Kier molecular flexibility index (Phi) is 6.31. The number of benzene rings is 8. The molecule has 0 bridgehead atoms. The van der Waals surface area contributed by atoms with Crippen molar-refractivity contribution in [1.29, 1.82) is 0 Å². The molecular weight excluding hydrogens is 671 g/mol. The molecule has 0 saturated carbocycles. The van der Waals surface area contributed by atoms with E-state index < -0.39 is 0 Å². The molecule has 4 nitrogen and oxygen atoms in total. The van der Waals surface area contributed by atoms with Crippen LogP contribution in [-0.4, -0.2) is 14.1 Å². The molecule has 0 aliphatic carbocycles. The van der Waals surface area contributed by atoms with Gasteiger partial charge < -0.3 is 8.98 Å². The first-order chi connectivity index (χ1) is 27.3. The van der Waals surface area contributed by atoms with E-state index in [1.54, 1.807) is 0 Å². The normalized spacial score (nSPS) is 12.0. The summed E-state index contributed by atoms with van der Waals surface area (Å²) in [6.07, 6.45) is 0. The van der Waals surface area contributed by atoms with Gasteiger partial charge in [0.15, 0.2) is 0 Å². The van der Waals surface area contributed by atoms with E-state index in [1.165, 1.54) is 43.4 Å². The van der Waals surface area contributed by atoms with E-state index in [0.29, 0.717) is 0 Å². The van der Waals surface area contributed by atoms with Crippen molar-refractivity contribution in [2.75, 3.05) is 0 Å². The highest BCUT2D eigenvalue weighted by Gasteiger charge is 2.21. The molecule has 0 saturated heterocycles. The summed E-state index contributed by atoms with van der Waals surface area (Å²) in [4.78, 5) is 5.23. The Morgan fingerprint density at radius 2 is 1.13 bits per heavy atom. The summed E-state index contributed by atoms with van der Waals surface area (Å²) in [5.74, 6) is 0.898. The Bertz CT molecular complexity index is 3490. The van der Waals surface area contributed by atoms with Crippen molar-refractivity contribution in [2.24, 2.45) is 0 Å². The minimum Gasteiger partial charge on any atom is -0.455 e. The van der Waals surface area contributed by atoms with E-state index >= 15 is 0 Å². The third-order valence-corrected chi connectivity index (χ3v) is 11.3. The average molecular weight is 702 g/mol. The van der Waals surface area contributed by atoms with Gasteiger partial charge in [-0.05, 0) is 70.9 Å². The first kappa shape index (κ1) is 30.1. The van der Waals surface area contributed by atoms with Crippen molar-refractivity contribution < 1.29 is 4.42 Å². The molecule has 4 aromatic heterocycles. The Hall–Kier alpha value is -7.43. The fraction of sp³-hybridized carbons (Fsp3) is 0. The molecule has 0 spiro atoms. The number of hydrogen-bond acceptors (Lipinski definition) is 2. The minimum atomic E-state index is 0.898. The molecule has 0 unspecified atom stereocenters. The molecule has 0 atom stereocenters. The van der Waals surface area contributed by atoms with Gasteiger partial charge in [0.1, 0.15) is 17.0 Å². The second-order valence-electron chi connectivity index (χ2n) is 14.3. The van der Waals surface area contributed by atoms with Gasteiger partial charge in [-0.2, -0.15) is 0 Å². The predicted molar refractivity (Wildman–Crippen MR) is 229 cm³/mol. The average Bonchev–Trinajstić information content (AvgIpc) is 3.91. The summed E-state index contributed by atoms with van der Waals surface area (Å²) in [5, 5.41) is 9.52. The van der Waals surface area contributed by atoms with Gasteiger partial charge in [-0.3, -0.25) is 4.57 Å². The predicted octanol–water partition coefficient (Wildman–Crippen LogP) is 13.7. The quantitative estimate of drug-likeness (QED) is 0.183. The maximum absolute atomic E-state index is 6.41. The Balaban J connectivity index is 1.08. The molecule has 0 aliphatic rings. The van der Waals surface area contributed by atoms with Crippen molar-refractivity contribution in [2.45, 2.75) is 0 Å². The summed E-state index contributed by atoms with van der Waals surface area (Å²) < 4.78 is 11.2. The van der Waals surface area contributed by atoms with Crippen LogP contribution < -0.4 is 0 Å². The molecule has 0 N–H and O–H groups in total. The molecule has 0 radical (unpaired) electrons. The number of para-hydroxylation sites is 4. The molecule has 0 fully saturated rings. The zero-order chi connectivity index (χ0) is 36.0. The summed E-state index contributed by atoms with van der Waals surface area (Å²) in [5.41, 5.74) is 11.9. The first-order valence-corrected chi connectivity index (χ1v) is 18.7. The van der Waals surface area contributed by atoms with Crippen LogP contribution in [0.4, 0.5) is 0 Å². The molecule has 0 amide bonds. The number of rotatable bonds is 4. The van der Waals surface area contributed by atoms with Gasteiger partial charge in [0.25, 0.3) is 0 Å². The Labute approximate surface area is 315 Å². The van der Waals surface area contributed by atoms with Crippen molar-refractivity contribution in [3.05, 3.63) is 188 Å². The van der Waals surface area contributed by atoms with Gasteiger partial charge >= 0.3 is 0 Å². The van der Waals surface area contributed by atoms with Crippen LogP contribution in [0.1, 0.15) is 0 Å². The van der Waals surface area contributed by atoms with Crippen LogP contribution >= 0.6 is 0 Å². The van der Waals surface area contributed by atoms with E-state index in [1.807, 2.05) is 18.2 Å². The highest BCUT2D eigenvalue weighted by molar-refractivity contribution is 6.26. The van der Waals surface area contributed by atoms with Gasteiger partial charge in [0.05, 0.1) is 27.8 Å². The molecule has 4 heteroatoms. The molecule has 256 valence electrons. The third-order valence-electron chi connectivity index (χ3n) is 11.3. The first-order valence-electron chi connectivity index (χ1n) is 18.7. The van der Waals surface area contributed by atoms with Crippen LogP contribution in [-0.2, 0) is 0 Å². The monoisotopic (exact) mass is 701 g/mol. The highest BCUT2D eigenvalue weighted by atomic mass is 16.3. The minimum absolute atomic E-state index is 0.898. The van der Waals surface area contributed by atoms with Crippen molar-refractivity contribution >= 4 is 76.3 Å². The van der Waals surface area contributed by atoms with Crippen LogP contribution in [0, 0.1) is 0 Å². The van der Waals surface area contributed by atoms with E-state index in [2.05, 4.69) is 179 Å². The maximum Gasteiger partial charge on any atom is 0.143 e. The third kappa shape index (κ3) is 4.43. The van der Waals surface area contributed by atoms with Crippen LogP contribution in [0.3, 0.4) is 0 Å². The van der Waals surface area contributed by atoms with Crippen molar-refractivity contribution in [3.8, 4) is 33.9 Å². The Morgan fingerprint density at radius 3 is 2.02 bits per heavy atom. The van der Waals surface area contributed by atoms with Crippen LogP contribution in [0.15, 0.2) is 192 Å². The number of hydrogen-bond donors (Lipinski definition) is 0. The molecule has 0 aliphatic heterocycles. The largest absolute Gasteiger partial charge is 0.455 e. The summed E-state index contributed by atoms with van der Waals surface area (Å²) in [6, 6.07) is 67.1. The second-order valence-corrected chi connectivity index (χ2v) is 14.3. The molecular formula is C51H31N3O. The Morgan fingerprint density at radius 1 is 0.418 bits per heavy atom. The van der Waals surface area contributed by atoms with Gasteiger partial charge in [-0.15, -0.1) is 0 Å². The van der Waals surface area contributed by atoms with E-state index in [-0.39, 0.29) is 0 Å². The van der Waals surface area contributed by atoms with Crippen LogP contribution in [0.5, 0.6) is 0 Å². The van der Waals surface area contributed by atoms with Crippen LogP contribution in [0.25, 0.3) is 110 Å². The highest BCUT2D eigenvalue weighted by Crippen LogP contribution is 2.43. The maximum atomic E-state index is 6.41. The summed E-state index contributed by atoms with van der Waals surface area (Å²) >= 11 is 0. The summed E-state index contributed by atoms with van der Waals surface area (Å²) in [6.45, 7) is 0. The summed E-state index contributed by atoms with van der Waals surface area (Å²) in [7, 11) is 0. The SMILES string of the molecule is c1ccc(-c2cccc(-n3c4ccccc4c4c3ccc3c5ccccc5n(-c5ccc6cc(-c7cccc8c7oc7ccccc78)ccc6c5)c34)n2)cc1. The number of fused-ring (bicyclic) bond motifs is 11. The molecule has 4 heterocycles. The van der Waals surface area contributed by atoms with Gasteiger partial charge in [-0.25, -0.2) is 4.98 Å². The van der Waals surface area contributed by atoms with Crippen LogP contribution in [0.2, 0.25) is 0 Å². The standard InChI is InChI=1S/C51H31N3O/c1-2-12-32(13-3-1)43-19-11-23-48(52-43)54-45-21-8-5-16-42(45)49-46(54)29-28-40-38-14-4-7-20-44(38)53(50(40)49)36-27-26-33-30-35(25-24-34(33)31-36)37-17-10-18-41-39-15-6-9-22-47(39)55-51(37)41/h1-31H. The number of furan rings is 1. The fourth-order valence-electron chi connectivity index (χ4n) is 8.86. The number of aromatic nitrogens is 3. The van der Waals surface area contributed by atoms with Crippen molar-refractivity contribution in [1.82, 2.24) is 14.1 Å². The molecule has 12 aromatic rings. The van der Waals surface area contributed by atoms with Crippen molar-refractivity contribution in [3.63, 3.8) is 0 Å². The van der Waals surface area contributed by atoms with E-state index in [9.17, 15) is 0 Å².